The average molecular weight is 305 g/mol. The minimum absolute atomic E-state index is 0.0510. The van der Waals surface area contributed by atoms with Crippen molar-refractivity contribution in [3.05, 3.63) is 60.7 Å². The number of rotatable bonds is 7. The van der Waals surface area contributed by atoms with Crippen molar-refractivity contribution in [1.82, 2.24) is 0 Å². The van der Waals surface area contributed by atoms with Crippen LogP contribution in [0.4, 0.5) is 5.69 Å². The summed E-state index contributed by atoms with van der Waals surface area (Å²) in [7, 11) is -3.39. The normalized spacial score (nSPS) is 11.1. The molecule has 0 N–H and O–H groups in total. The zero-order valence-corrected chi connectivity index (χ0v) is 12.8. The van der Waals surface area contributed by atoms with E-state index in [0.717, 1.165) is 0 Å². The third-order valence-electron chi connectivity index (χ3n) is 3.02. The summed E-state index contributed by atoms with van der Waals surface area (Å²) < 4.78 is 31.7. The summed E-state index contributed by atoms with van der Waals surface area (Å²) in [4.78, 5) is 0. The van der Waals surface area contributed by atoms with Gasteiger partial charge in [0.1, 0.15) is 18.1 Å². The molecule has 0 heterocycles. The Bertz CT molecular complexity index is 642. The topological polar surface area (TPSA) is 46.6 Å². The Morgan fingerprint density at radius 2 is 1.52 bits per heavy atom. The quantitative estimate of drug-likeness (QED) is 0.790. The predicted molar refractivity (Wildman–Crippen MR) is 85.2 cm³/mol. The van der Waals surface area contributed by atoms with Gasteiger partial charge in [-0.25, -0.2) is 8.42 Å². The van der Waals surface area contributed by atoms with Crippen molar-refractivity contribution in [3.63, 3.8) is 0 Å². The van der Waals surface area contributed by atoms with Crippen molar-refractivity contribution in [2.24, 2.45) is 0 Å². The van der Waals surface area contributed by atoms with Crippen LogP contribution in [-0.4, -0.2) is 27.3 Å². The van der Waals surface area contributed by atoms with E-state index in [1.54, 1.807) is 24.3 Å². The molecule has 2 rings (SSSR count). The van der Waals surface area contributed by atoms with E-state index in [2.05, 4.69) is 0 Å². The van der Waals surface area contributed by atoms with Gasteiger partial charge >= 0.3 is 0 Å². The fourth-order valence-corrected chi connectivity index (χ4v) is 3.38. The second kappa shape index (κ2) is 7.13. The number of hydrogen-bond donors (Lipinski definition) is 0. The molecule has 0 atom stereocenters. The number of benzene rings is 2. The van der Waals surface area contributed by atoms with Crippen LogP contribution >= 0.6 is 0 Å². The first-order valence-electron chi connectivity index (χ1n) is 6.87. The van der Waals surface area contributed by atoms with Crippen LogP contribution in [0.25, 0.3) is 0 Å². The molecule has 0 aliphatic rings. The smallest absolute Gasteiger partial charge is 0.238 e. The minimum atomic E-state index is -3.39. The van der Waals surface area contributed by atoms with Gasteiger partial charge in [-0.05, 0) is 31.2 Å². The molecule has 0 aromatic heterocycles. The SMILES string of the molecule is CCN(c1ccccc1)S(=O)(=O)CCOc1ccccc1. The minimum Gasteiger partial charge on any atom is -0.492 e. The summed E-state index contributed by atoms with van der Waals surface area (Å²) in [5.41, 5.74) is 0.680. The average Bonchev–Trinajstić information content (AvgIpc) is 2.49. The molecular weight excluding hydrogens is 286 g/mol. The molecule has 2 aromatic rings. The monoisotopic (exact) mass is 305 g/mol. The van der Waals surface area contributed by atoms with Crippen molar-refractivity contribution in [3.8, 4) is 5.75 Å². The lowest BCUT2D eigenvalue weighted by Crippen LogP contribution is -2.34. The third kappa shape index (κ3) is 4.23. The zero-order chi connectivity index (χ0) is 15.1. The molecule has 0 fully saturated rings. The van der Waals surface area contributed by atoms with Crippen LogP contribution in [0.5, 0.6) is 5.75 Å². The van der Waals surface area contributed by atoms with E-state index in [1.807, 2.05) is 43.3 Å². The van der Waals surface area contributed by atoms with Gasteiger partial charge in [0.05, 0.1) is 5.69 Å². The van der Waals surface area contributed by atoms with Crippen LogP contribution in [0, 0.1) is 0 Å². The van der Waals surface area contributed by atoms with Gasteiger partial charge in [-0.3, -0.25) is 4.31 Å². The van der Waals surface area contributed by atoms with Crippen LogP contribution in [0.1, 0.15) is 6.92 Å². The van der Waals surface area contributed by atoms with Crippen LogP contribution in [-0.2, 0) is 10.0 Å². The van der Waals surface area contributed by atoms with Gasteiger partial charge in [0.2, 0.25) is 10.0 Å². The van der Waals surface area contributed by atoms with Crippen LogP contribution < -0.4 is 9.04 Å². The second-order valence-electron chi connectivity index (χ2n) is 4.48. The Morgan fingerprint density at radius 3 is 2.10 bits per heavy atom. The Balaban J connectivity index is 2.00. The molecule has 0 bridgehead atoms. The summed E-state index contributed by atoms with van der Waals surface area (Å²) in [6.07, 6.45) is 0. The predicted octanol–water partition coefficient (Wildman–Crippen LogP) is 2.92. The highest BCUT2D eigenvalue weighted by Gasteiger charge is 2.20. The molecule has 4 nitrogen and oxygen atoms in total. The summed E-state index contributed by atoms with van der Waals surface area (Å²) in [5.74, 6) is 0.625. The zero-order valence-electron chi connectivity index (χ0n) is 12.0. The van der Waals surface area contributed by atoms with Gasteiger partial charge in [0.15, 0.2) is 0 Å². The highest BCUT2D eigenvalue weighted by molar-refractivity contribution is 7.92. The number of anilines is 1. The molecule has 0 saturated carbocycles. The van der Waals surface area contributed by atoms with Gasteiger partial charge in [-0.15, -0.1) is 0 Å². The maximum absolute atomic E-state index is 12.4. The van der Waals surface area contributed by atoms with Crippen molar-refractivity contribution < 1.29 is 13.2 Å². The molecule has 0 amide bonds. The van der Waals surface area contributed by atoms with Crippen LogP contribution in [0.3, 0.4) is 0 Å². The Kier molecular flexibility index (Phi) is 5.22. The molecule has 5 heteroatoms. The van der Waals surface area contributed by atoms with Gasteiger partial charge in [-0.2, -0.15) is 0 Å². The van der Waals surface area contributed by atoms with E-state index in [-0.39, 0.29) is 12.4 Å². The summed E-state index contributed by atoms with van der Waals surface area (Å²) >= 11 is 0. The fraction of sp³-hybridized carbons (Fsp3) is 0.250. The van der Waals surface area contributed by atoms with Crippen molar-refractivity contribution in [2.75, 3.05) is 23.2 Å². The Morgan fingerprint density at radius 1 is 0.952 bits per heavy atom. The molecule has 0 aliphatic heterocycles. The van der Waals surface area contributed by atoms with Crippen molar-refractivity contribution >= 4 is 15.7 Å². The number of para-hydroxylation sites is 2. The summed E-state index contributed by atoms with van der Waals surface area (Å²) in [6.45, 7) is 2.36. The molecule has 21 heavy (non-hydrogen) atoms. The first-order chi connectivity index (χ1) is 10.1. The first kappa shape index (κ1) is 15.4. The lowest BCUT2D eigenvalue weighted by molar-refractivity contribution is 0.340. The molecule has 112 valence electrons. The molecule has 0 spiro atoms. The van der Waals surface area contributed by atoms with E-state index in [9.17, 15) is 8.42 Å². The lowest BCUT2D eigenvalue weighted by Gasteiger charge is -2.22. The number of ether oxygens (including phenoxy) is 1. The van der Waals surface area contributed by atoms with Gasteiger partial charge in [0.25, 0.3) is 0 Å². The highest BCUT2D eigenvalue weighted by Crippen LogP contribution is 2.17. The lowest BCUT2D eigenvalue weighted by atomic mass is 10.3. The van der Waals surface area contributed by atoms with Gasteiger partial charge in [0, 0.05) is 6.54 Å². The van der Waals surface area contributed by atoms with E-state index in [4.69, 9.17) is 4.74 Å². The second-order valence-corrected chi connectivity index (χ2v) is 6.49. The number of hydrogen-bond acceptors (Lipinski definition) is 3. The summed E-state index contributed by atoms with van der Waals surface area (Å²) in [5, 5.41) is 0. The third-order valence-corrected chi connectivity index (χ3v) is 4.84. The maximum Gasteiger partial charge on any atom is 0.238 e. The molecule has 2 aromatic carbocycles. The number of sulfonamides is 1. The largest absolute Gasteiger partial charge is 0.492 e. The standard InChI is InChI=1S/C16H19NO3S/c1-2-17(15-9-5-3-6-10-15)21(18,19)14-13-20-16-11-7-4-8-12-16/h3-12H,2,13-14H2,1H3. The molecule has 0 saturated heterocycles. The van der Waals surface area contributed by atoms with Crippen molar-refractivity contribution in [2.45, 2.75) is 6.92 Å². The summed E-state index contributed by atoms with van der Waals surface area (Å²) in [6, 6.07) is 18.3. The first-order valence-corrected chi connectivity index (χ1v) is 8.47. The van der Waals surface area contributed by atoms with Gasteiger partial charge < -0.3 is 4.74 Å². The van der Waals surface area contributed by atoms with Gasteiger partial charge in [-0.1, -0.05) is 36.4 Å². The molecule has 0 unspecified atom stereocenters. The Hall–Kier alpha value is -2.01. The highest BCUT2D eigenvalue weighted by atomic mass is 32.2. The molecular formula is C16H19NO3S. The number of nitrogens with zero attached hydrogens (tertiary/aromatic N) is 1. The van der Waals surface area contributed by atoms with E-state index < -0.39 is 10.0 Å². The molecule has 0 aliphatic carbocycles. The van der Waals surface area contributed by atoms with E-state index >= 15 is 0 Å². The van der Waals surface area contributed by atoms with E-state index in [0.29, 0.717) is 18.0 Å². The van der Waals surface area contributed by atoms with Crippen LogP contribution in [0.15, 0.2) is 60.7 Å². The Labute approximate surface area is 126 Å². The van der Waals surface area contributed by atoms with E-state index in [1.165, 1.54) is 4.31 Å². The molecule has 0 radical (unpaired) electrons. The van der Waals surface area contributed by atoms with Crippen LogP contribution in [0.2, 0.25) is 0 Å². The van der Waals surface area contributed by atoms with Crippen molar-refractivity contribution in [1.29, 1.82) is 0 Å². The maximum atomic E-state index is 12.4. The fourth-order valence-electron chi connectivity index (χ4n) is 2.03.